The number of hydrogen-bond acceptors (Lipinski definition) is 4. The molecule has 1 aliphatic rings. The van der Waals surface area contributed by atoms with Gasteiger partial charge in [-0.05, 0) is 44.2 Å². The molecule has 2 aromatic rings. The Morgan fingerprint density at radius 1 is 1.16 bits per heavy atom. The number of likely N-dealkylation sites (tertiary alicyclic amines) is 1. The molecular weight excluding hydrogens is 336 g/mol. The van der Waals surface area contributed by atoms with Crippen LogP contribution in [0.5, 0.6) is 0 Å². The van der Waals surface area contributed by atoms with Crippen LogP contribution in [0.3, 0.4) is 0 Å². The van der Waals surface area contributed by atoms with Crippen LogP contribution in [0.4, 0.5) is 15.5 Å². The average molecular weight is 358 g/mol. The summed E-state index contributed by atoms with van der Waals surface area (Å²) < 4.78 is 0. The SMILES string of the molecule is CNCC1CCCN1C(=O)c1ccc(NC(=O)Nc2ccccc2)s1. The van der Waals surface area contributed by atoms with Crippen molar-refractivity contribution in [2.24, 2.45) is 0 Å². The van der Waals surface area contributed by atoms with Crippen molar-refractivity contribution in [2.45, 2.75) is 18.9 Å². The van der Waals surface area contributed by atoms with Crippen LogP contribution in [0.25, 0.3) is 0 Å². The first-order valence-corrected chi connectivity index (χ1v) is 9.17. The molecule has 0 saturated carbocycles. The first-order chi connectivity index (χ1) is 12.2. The quantitative estimate of drug-likeness (QED) is 0.768. The number of rotatable bonds is 5. The number of benzene rings is 1. The van der Waals surface area contributed by atoms with Crippen LogP contribution in [-0.2, 0) is 0 Å². The zero-order chi connectivity index (χ0) is 17.6. The second kappa shape index (κ2) is 8.13. The molecule has 0 bridgehead atoms. The summed E-state index contributed by atoms with van der Waals surface area (Å²) in [5, 5.41) is 9.34. The smallest absolute Gasteiger partial charge is 0.324 e. The maximum absolute atomic E-state index is 12.7. The van der Waals surface area contributed by atoms with Crippen molar-refractivity contribution in [1.82, 2.24) is 10.2 Å². The van der Waals surface area contributed by atoms with Crippen LogP contribution in [0.2, 0.25) is 0 Å². The van der Waals surface area contributed by atoms with Gasteiger partial charge in [0.15, 0.2) is 0 Å². The lowest BCUT2D eigenvalue weighted by Crippen LogP contribution is -2.40. The number of anilines is 2. The van der Waals surface area contributed by atoms with Crippen molar-refractivity contribution < 1.29 is 9.59 Å². The molecule has 1 aromatic heterocycles. The molecule has 3 rings (SSSR count). The molecule has 7 heteroatoms. The number of amides is 3. The molecule has 1 aromatic carbocycles. The number of para-hydroxylation sites is 1. The van der Waals surface area contributed by atoms with Crippen molar-refractivity contribution in [2.75, 3.05) is 30.8 Å². The predicted molar refractivity (Wildman–Crippen MR) is 101 cm³/mol. The van der Waals surface area contributed by atoms with Gasteiger partial charge in [-0.3, -0.25) is 10.1 Å². The van der Waals surface area contributed by atoms with Gasteiger partial charge in [-0.1, -0.05) is 18.2 Å². The summed E-state index contributed by atoms with van der Waals surface area (Å²) in [4.78, 5) is 27.3. The van der Waals surface area contributed by atoms with Gasteiger partial charge in [0, 0.05) is 24.8 Å². The lowest BCUT2D eigenvalue weighted by molar-refractivity contribution is 0.0742. The molecule has 1 aliphatic heterocycles. The summed E-state index contributed by atoms with van der Waals surface area (Å²) in [7, 11) is 1.90. The molecule has 25 heavy (non-hydrogen) atoms. The molecule has 0 aliphatic carbocycles. The van der Waals surface area contributed by atoms with Crippen LogP contribution in [0.1, 0.15) is 22.5 Å². The molecule has 1 saturated heterocycles. The van der Waals surface area contributed by atoms with E-state index in [9.17, 15) is 9.59 Å². The van der Waals surface area contributed by atoms with E-state index in [1.165, 1.54) is 11.3 Å². The molecular formula is C18H22N4O2S. The van der Waals surface area contributed by atoms with Crippen LogP contribution in [0.15, 0.2) is 42.5 Å². The summed E-state index contributed by atoms with van der Waals surface area (Å²) >= 11 is 1.30. The molecule has 132 valence electrons. The molecule has 1 unspecified atom stereocenters. The lowest BCUT2D eigenvalue weighted by Gasteiger charge is -2.23. The van der Waals surface area contributed by atoms with Crippen molar-refractivity contribution >= 4 is 34.0 Å². The fourth-order valence-corrected chi connectivity index (χ4v) is 3.87. The van der Waals surface area contributed by atoms with E-state index >= 15 is 0 Å². The normalized spacial score (nSPS) is 16.7. The number of nitrogens with zero attached hydrogens (tertiary/aromatic N) is 1. The zero-order valence-electron chi connectivity index (χ0n) is 14.1. The van der Waals surface area contributed by atoms with Crippen molar-refractivity contribution in [3.05, 3.63) is 47.3 Å². The van der Waals surface area contributed by atoms with Crippen LogP contribution in [0, 0.1) is 0 Å². The Kier molecular flexibility index (Phi) is 5.67. The van der Waals surface area contributed by atoms with Gasteiger partial charge in [-0.15, -0.1) is 11.3 Å². The lowest BCUT2D eigenvalue weighted by atomic mass is 10.2. The Morgan fingerprint density at radius 2 is 1.96 bits per heavy atom. The van der Waals surface area contributed by atoms with Crippen molar-refractivity contribution in [3.8, 4) is 0 Å². The summed E-state index contributed by atoms with van der Waals surface area (Å²) in [6.45, 7) is 1.60. The zero-order valence-corrected chi connectivity index (χ0v) is 14.9. The van der Waals surface area contributed by atoms with Crippen LogP contribution >= 0.6 is 11.3 Å². The summed E-state index contributed by atoms with van der Waals surface area (Å²) in [6, 6.07) is 12.7. The van der Waals surface area contributed by atoms with Gasteiger partial charge in [0.1, 0.15) is 0 Å². The monoisotopic (exact) mass is 358 g/mol. The minimum absolute atomic E-state index is 0.0410. The first kappa shape index (κ1) is 17.4. The first-order valence-electron chi connectivity index (χ1n) is 8.36. The molecule has 1 fully saturated rings. The second-order valence-electron chi connectivity index (χ2n) is 5.96. The highest BCUT2D eigenvalue weighted by Gasteiger charge is 2.29. The van der Waals surface area contributed by atoms with E-state index in [0.29, 0.717) is 9.88 Å². The minimum atomic E-state index is -0.318. The fraction of sp³-hybridized carbons (Fsp3) is 0.333. The van der Waals surface area contributed by atoms with Crippen molar-refractivity contribution in [3.63, 3.8) is 0 Å². The Labute approximate surface area is 151 Å². The van der Waals surface area contributed by atoms with Crippen molar-refractivity contribution in [1.29, 1.82) is 0 Å². The standard InChI is InChI=1S/C18H22N4O2S/c1-19-12-14-8-5-11-22(14)17(23)15-9-10-16(25-15)21-18(24)20-13-6-3-2-4-7-13/h2-4,6-7,9-10,14,19H,5,8,11-12H2,1H3,(H2,20,21,24). The minimum Gasteiger partial charge on any atom is -0.334 e. The highest BCUT2D eigenvalue weighted by Crippen LogP contribution is 2.26. The van der Waals surface area contributed by atoms with E-state index in [2.05, 4.69) is 16.0 Å². The Morgan fingerprint density at radius 3 is 2.72 bits per heavy atom. The third-order valence-corrected chi connectivity index (χ3v) is 5.15. The second-order valence-corrected chi connectivity index (χ2v) is 7.05. The van der Waals surface area contributed by atoms with Gasteiger partial charge in [-0.25, -0.2) is 4.79 Å². The summed E-state index contributed by atoms with van der Waals surface area (Å²) in [5.41, 5.74) is 0.722. The number of thiophene rings is 1. The maximum Gasteiger partial charge on any atom is 0.324 e. The molecule has 3 N–H and O–H groups in total. The van der Waals surface area contributed by atoms with E-state index < -0.39 is 0 Å². The topological polar surface area (TPSA) is 73.5 Å². The number of carbonyl (C=O) groups excluding carboxylic acids is 2. The number of likely N-dealkylation sites (N-methyl/N-ethyl adjacent to an activating group) is 1. The van der Waals surface area contributed by atoms with Gasteiger partial charge in [0.05, 0.1) is 9.88 Å². The molecule has 1 atom stereocenters. The molecule has 0 spiro atoms. The molecule has 6 nitrogen and oxygen atoms in total. The van der Waals surface area contributed by atoms with Gasteiger partial charge < -0.3 is 15.5 Å². The fourth-order valence-electron chi connectivity index (χ4n) is 3.01. The molecule has 2 heterocycles. The Balaban J connectivity index is 1.60. The number of nitrogens with one attached hydrogen (secondary N) is 3. The highest BCUT2D eigenvalue weighted by atomic mass is 32.1. The summed E-state index contributed by atoms with van der Waals surface area (Å²) in [5.74, 6) is 0.0410. The highest BCUT2D eigenvalue weighted by molar-refractivity contribution is 7.18. The van der Waals surface area contributed by atoms with E-state index in [1.54, 1.807) is 12.1 Å². The number of carbonyl (C=O) groups is 2. The molecule has 3 amide bonds. The summed E-state index contributed by atoms with van der Waals surface area (Å²) in [6.07, 6.45) is 2.07. The van der Waals surface area contributed by atoms with Gasteiger partial charge in [-0.2, -0.15) is 0 Å². The van der Waals surface area contributed by atoms with E-state index in [0.717, 1.165) is 31.6 Å². The van der Waals surface area contributed by atoms with Crippen LogP contribution < -0.4 is 16.0 Å². The van der Waals surface area contributed by atoms with Gasteiger partial charge >= 0.3 is 6.03 Å². The third-order valence-electron chi connectivity index (χ3n) is 4.16. The average Bonchev–Trinajstić information content (AvgIpc) is 3.25. The van der Waals surface area contributed by atoms with Gasteiger partial charge in [0.2, 0.25) is 0 Å². The third kappa shape index (κ3) is 4.37. The van der Waals surface area contributed by atoms with Crippen LogP contribution in [-0.4, -0.2) is 43.0 Å². The molecule has 0 radical (unpaired) electrons. The van der Waals surface area contributed by atoms with E-state index in [-0.39, 0.29) is 18.0 Å². The number of urea groups is 1. The van der Waals surface area contributed by atoms with Gasteiger partial charge in [0.25, 0.3) is 5.91 Å². The Bertz CT molecular complexity index is 732. The predicted octanol–water partition coefficient (Wildman–Crippen LogP) is 3.22. The van der Waals surface area contributed by atoms with E-state index in [1.807, 2.05) is 42.3 Å². The van der Waals surface area contributed by atoms with E-state index in [4.69, 9.17) is 0 Å². The largest absolute Gasteiger partial charge is 0.334 e. The maximum atomic E-state index is 12.7. The number of hydrogen-bond donors (Lipinski definition) is 3. The Hall–Kier alpha value is -2.38.